The molecule has 1 unspecified atom stereocenters. The molecular formula is C15H13ClFN. The van der Waals surface area contributed by atoms with Crippen molar-refractivity contribution in [3.63, 3.8) is 0 Å². The number of rotatable bonds is 1. The summed E-state index contributed by atoms with van der Waals surface area (Å²) in [6, 6.07) is 10.9. The molecule has 1 atom stereocenters. The lowest BCUT2D eigenvalue weighted by molar-refractivity contribution is 0.628. The van der Waals surface area contributed by atoms with Gasteiger partial charge in [0, 0.05) is 11.1 Å². The van der Waals surface area contributed by atoms with Gasteiger partial charge in [-0.15, -0.1) is 0 Å². The van der Waals surface area contributed by atoms with Gasteiger partial charge in [0.25, 0.3) is 0 Å². The molecule has 1 aliphatic rings. The molecule has 1 nitrogen and oxygen atoms in total. The van der Waals surface area contributed by atoms with Crippen LogP contribution in [-0.4, -0.2) is 0 Å². The van der Waals surface area contributed by atoms with E-state index in [-0.39, 0.29) is 11.9 Å². The molecule has 0 amide bonds. The predicted molar refractivity (Wildman–Crippen MR) is 72.1 cm³/mol. The monoisotopic (exact) mass is 261 g/mol. The molecule has 18 heavy (non-hydrogen) atoms. The van der Waals surface area contributed by atoms with E-state index in [1.165, 1.54) is 23.3 Å². The van der Waals surface area contributed by atoms with Crippen molar-refractivity contribution in [2.45, 2.75) is 18.9 Å². The van der Waals surface area contributed by atoms with Crippen molar-refractivity contribution in [3.05, 3.63) is 58.4 Å². The second kappa shape index (κ2) is 4.38. The van der Waals surface area contributed by atoms with Crippen LogP contribution >= 0.6 is 11.6 Å². The fourth-order valence-electron chi connectivity index (χ4n) is 2.55. The van der Waals surface area contributed by atoms with Crippen LogP contribution in [0.2, 0.25) is 5.02 Å². The summed E-state index contributed by atoms with van der Waals surface area (Å²) in [5.41, 5.74) is 10.3. The highest BCUT2D eigenvalue weighted by Crippen LogP contribution is 2.33. The van der Waals surface area contributed by atoms with E-state index in [2.05, 4.69) is 6.07 Å². The lowest BCUT2D eigenvalue weighted by atomic mass is 10.00. The Morgan fingerprint density at radius 2 is 1.94 bits per heavy atom. The smallest absolute Gasteiger partial charge is 0.125 e. The number of hydrogen-bond acceptors (Lipinski definition) is 1. The summed E-state index contributed by atoms with van der Waals surface area (Å²) in [6.45, 7) is 0. The number of benzene rings is 2. The lowest BCUT2D eigenvalue weighted by Crippen LogP contribution is -2.04. The van der Waals surface area contributed by atoms with Gasteiger partial charge in [-0.3, -0.25) is 0 Å². The fourth-order valence-corrected chi connectivity index (χ4v) is 2.77. The van der Waals surface area contributed by atoms with Crippen LogP contribution < -0.4 is 5.73 Å². The Balaban J connectivity index is 2.07. The van der Waals surface area contributed by atoms with E-state index in [4.69, 9.17) is 17.3 Å². The van der Waals surface area contributed by atoms with Crippen LogP contribution in [0.5, 0.6) is 0 Å². The lowest BCUT2D eigenvalue weighted by Gasteiger charge is -2.08. The Hall–Kier alpha value is -1.38. The van der Waals surface area contributed by atoms with Gasteiger partial charge in [-0.25, -0.2) is 4.39 Å². The number of halogens is 2. The molecule has 3 rings (SSSR count). The third kappa shape index (κ3) is 2.02. The van der Waals surface area contributed by atoms with Crippen molar-refractivity contribution < 1.29 is 4.39 Å². The van der Waals surface area contributed by atoms with Gasteiger partial charge < -0.3 is 5.73 Å². The molecule has 0 fully saturated rings. The molecule has 0 bridgehead atoms. The van der Waals surface area contributed by atoms with Crippen LogP contribution in [0.4, 0.5) is 4.39 Å². The van der Waals surface area contributed by atoms with Crippen molar-refractivity contribution >= 4 is 11.6 Å². The van der Waals surface area contributed by atoms with Crippen LogP contribution in [0.1, 0.15) is 23.6 Å². The van der Waals surface area contributed by atoms with E-state index in [1.54, 1.807) is 6.07 Å². The summed E-state index contributed by atoms with van der Waals surface area (Å²) < 4.78 is 13.3. The van der Waals surface area contributed by atoms with Gasteiger partial charge in [0.05, 0.1) is 0 Å². The van der Waals surface area contributed by atoms with Crippen molar-refractivity contribution in [3.8, 4) is 11.1 Å². The van der Waals surface area contributed by atoms with E-state index >= 15 is 0 Å². The zero-order valence-corrected chi connectivity index (χ0v) is 10.5. The van der Waals surface area contributed by atoms with Gasteiger partial charge in [-0.2, -0.15) is 0 Å². The number of nitrogens with two attached hydrogens (primary N) is 1. The molecule has 0 aliphatic heterocycles. The summed E-state index contributed by atoms with van der Waals surface area (Å²) in [5, 5.41) is 0.419. The Morgan fingerprint density at radius 3 is 2.72 bits per heavy atom. The highest BCUT2D eigenvalue weighted by atomic mass is 35.5. The van der Waals surface area contributed by atoms with E-state index in [9.17, 15) is 4.39 Å². The first kappa shape index (κ1) is 11.7. The molecule has 0 radical (unpaired) electrons. The van der Waals surface area contributed by atoms with Crippen LogP contribution in [0.25, 0.3) is 11.1 Å². The topological polar surface area (TPSA) is 26.0 Å². The Labute approximate surface area is 110 Å². The third-order valence-electron chi connectivity index (χ3n) is 3.46. The maximum absolute atomic E-state index is 13.3. The number of hydrogen-bond donors (Lipinski definition) is 1. The first-order valence-corrected chi connectivity index (χ1v) is 6.36. The standard InChI is InChI=1S/C15H13ClFN/c16-12-6-11(7-13(17)8-12)9-1-3-14-10(5-9)2-4-15(14)18/h1,3,5-8,15H,2,4,18H2. The molecule has 0 saturated heterocycles. The van der Waals surface area contributed by atoms with E-state index in [0.29, 0.717) is 5.02 Å². The second-order valence-corrected chi connectivity index (χ2v) is 5.15. The van der Waals surface area contributed by atoms with E-state index in [0.717, 1.165) is 24.0 Å². The molecule has 2 aromatic rings. The third-order valence-corrected chi connectivity index (χ3v) is 3.68. The van der Waals surface area contributed by atoms with Crippen LogP contribution in [0.3, 0.4) is 0 Å². The van der Waals surface area contributed by atoms with Crippen molar-refractivity contribution in [1.82, 2.24) is 0 Å². The van der Waals surface area contributed by atoms with Gasteiger partial charge in [0.15, 0.2) is 0 Å². The molecule has 1 aliphatic carbocycles. The van der Waals surface area contributed by atoms with Crippen LogP contribution in [-0.2, 0) is 6.42 Å². The summed E-state index contributed by atoms with van der Waals surface area (Å²) in [7, 11) is 0. The molecular weight excluding hydrogens is 249 g/mol. The minimum absolute atomic E-state index is 0.144. The molecule has 3 heteroatoms. The highest BCUT2D eigenvalue weighted by molar-refractivity contribution is 6.30. The van der Waals surface area contributed by atoms with Crippen LogP contribution in [0.15, 0.2) is 36.4 Å². The summed E-state index contributed by atoms with van der Waals surface area (Å²) in [5.74, 6) is -0.310. The number of fused-ring (bicyclic) bond motifs is 1. The summed E-state index contributed by atoms with van der Waals surface area (Å²) in [4.78, 5) is 0. The fraction of sp³-hybridized carbons (Fsp3) is 0.200. The molecule has 2 N–H and O–H groups in total. The molecule has 92 valence electrons. The molecule has 0 aromatic heterocycles. The molecule has 0 saturated carbocycles. The Kier molecular flexibility index (Phi) is 2.84. The molecule has 0 heterocycles. The van der Waals surface area contributed by atoms with Gasteiger partial charge in [-0.1, -0.05) is 29.8 Å². The summed E-state index contributed by atoms with van der Waals surface area (Å²) in [6.07, 6.45) is 1.98. The molecule has 2 aromatic carbocycles. The van der Waals surface area contributed by atoms with Gasteiger partial charge >= 0.3 is 0 Å². The zero-order valence-electron chi connectivity index (χ0n) is 9.79. The van der Waals surface area contributed by atoms with Gasteiger partial charge in [-0.05, 0) is 53.3 Å². The normalized spacial score (nSPS) is 17.8. The SMILES string of the molecule is NC1CCc2cc(-c3cc(F)cc(Cl)c3)ccc21. The van der Waals surface area contributed by atoms with E-state index in [1.807, 2.05) is 12.1 Å². The molecule has 0 spiro atoms. The second-order valence-electron chi connectivity index (χ2n) is 4.72. The van der Waals surface area contributed by atoms with Crippen molar-refractivity contribution in [1.29, 1.82) is 0 Å². The highest BCUT2D eigenvalue weighted by Gasteiger charge is 2.19. The average molecular weight is 262 g/mol. The minimum atomic E-state index is -0.310. The van der Waals surface area contributed by atoms with E-state index < -0.39 is 0 Å². The number of aryl methyl sites for hydroxylation is 1. The summed E-state index contributed by atoms with van der Waals surface area (Å²) >= 11 is 5.88. The van der Waals surface area contributed by atoms with Gasteiger partial charge in [0.1, 0.15) is 5.82 Å². The van der Waals surface area contributed by atoms with Gasteiger partial charge in [0.2, 0.25) is 0 Å². The Morgan fingerprint density at radius 1 is 1.11 bits per heavy atom. The largest absolute Gasteiger partial charge is 0.324 e. The quantitative estimate of drug-likeness (QED) is 0.822. The van der Waals surface area contributed by atoms with Crippen LogP contribution in [0, 0.1) is 5.82 Å². The Bertz CT molecular complexity index is 589. The predicted octanol–water partition coefficient (Wildman–Crippen LogP) is 4.09. The maximum atomic E-state index is 13.3. The van der Waals surface area contributed by atoms with Crippen molar-refractivity contribution in [2.24, 2.45) is 5.73 Å². The maximum Gasteiger partial charge on any atom is 0.125 e. The first-order valence-electron chi connectivity index (χ1n) is 5.98. The van der Waals surface area contributed by atoms with Crippen molar-refractivity contribution in [2.75, 3.05) is 0 Å². The zero-order chi connectivity index (χ0) is 12.7. The average Bonchev–Trinajstić information content (AvgIpc) is 2.69. The first-order chi connectivity index (χ1) is 8.63. The minimum Gasteiger partial charge on any atom is -0.324 e.